The number of alkyl halides is 1. The molecular formula is C13H20ClNO. The van der Waals surface area contributed by atoms with Crippen molar-refractivity contribution in [3.63, 3.8) is 0 Å². The maximum Gasteiger partial charge on any atom is 0.142 e. The maximum absolute atomic E-state index is 5.64. The molecule has 0 aliphatic rings. The van der Waals surface area contributed by atoms with Crippen LogP contribution in [0.25, 0.3) is 0 Å². The second kappa shape index (κ2) is 6.64. The standard InChI is InChI=1S/C13H20ClNO/c1-10(2)11-5-6-12(13(9-11)16-3)15-8-4-7-14/h5-6,9-10,15H,4,7-8H2,1-3H3. The molecule has 0 radical (unpaired) electrons. The summed E-state index contributed by atoms with van der Waals surface area (Å²) < 4.78 is 5.37. The second-order valence-electron chi connectivity index (χ2n) is 4.08. The minimum Gasteiger partial charge on any atom is -0.495 e. The fraction of sp³-hybridized carbons (Fsp3) is 0.538. The van der Waals surface area contributed by atoms with E-state index in [-0.39, 0.29) is 0 Å². The lowest BCUT2D eigenvalue weighted by molar-refractivity contribution is 0.415. The Morgan fingerprint density at radius 1 is 1.38 bits per heavy atom. The minimum absolute atomic E-state index is 0.519. The summed E-state index contributed by atoms with van der Waals surface area (Å²) in [6.07, 6.45) is 0.955. The number of nitrogens with one attached hydrogen (secondary N) is 1. The molecule has 1 rings (SSSR count). The van der Waals surface area contributed by atoms with Crippen molar-refractivity contribution >= 4 is 17.3 Å². The van der Waals surface area contributed by atoms with E-state index in [0.29, 0.717) is 11.8 Å². The van der Waals surface area contributed by atoms with Crippen molar-refractivity contribution in [1.29, 1.82) is 0 Å². The largest absolute Gasteiger partial charge is 0.495 e. The highest BCUT2D eigenvalue weighted by atomic mass is 35.5. The lowest BCUT2D eigenvalue weighted by Gasteiger charge is -2.13. The van der Waals surface area contributed by atoms with Gasteiger partial charge in [-0.15, -0.1) is 11.6 Å². The highest BCUT2D eigenvalue weighted by Gasteiger charge is 2.06. The second-order valence-corrected chi connectivity index (χ2v) is 4.46. The Morgan fingerprint density at radius 3 is 2.69 bits per heavy atom. The van der Waals surface area contributed by atoms with Gasteiger partial charge in [-0.3, -0.25) is 0 Å². The molecule has 0 unspecified atom stereocenters. The molecule has 0 saturated heterocycles. The lowest BCUT2D eigenvalue weighted by Crippen LogP contribution is -2.04. The number of halogens is 1. The summed E-state index contributed by atoms with van der Waals surface area (Å²) in [6.45, 7) is 5.23. The van der Waals surface area contributed by atoms with Crippen molar-refractivity contribution in [1.82, 2.24) is 0 Å². The zero-order valence-electron chi connectivity index (χ0n) is 10.2. The quantitative estimate of drug-likeness (QED) is 0.603. The van der Waals surface area contributed by atoms with Crippen molar-refractivity contribution in [2.24, 2.45) is 0 Å². The predicted octanol–water partition coefficient (Wildman–Crippen LogP) is 3.86. The Hall–Kier alpha value is -0.890. The molecule has 0 spiro atoms. The smallest absolute Gasteiger partial charge is 0.142 e. The Morgan fingerprint density at radius 2 is 2.12 bits per heavy atom. The molecule has 0 aromatic heterocycles. The van der Waals surface area contributed by atoms with Crippen LogP contribution in [0.4, 0.5) is 5.69 Å². The van der Waals surface area contributed by atoms with Gasteiger partial charge in [0.2, 0.25) is 0 Å². The number of rotatable bonds is 6. The average molecular weight is 242 g/mol. The van der Waals surface area contributed by atoms with Crippen LogP contribution in [0.1, 0.15) is 31.7 Å². The summed E-state index contributed by atoms with van der Waals surface area (Å²) in [7, 11) is 1.70. The van der Waals surface area contributed by atoms with E-state index in [2.05, 4.69) is 37.4 Å². The van der Waals surface area contributed by atoms with E-state index in [1.807, 2.05) is 0 Å². The summed E-state index contributed by atoms with van der Waals surface area (Å²) >= 11 is 5.64. The first-order chi connectivity index (χ1) is 7.69. The minimum atomic E-state index is 0.519. The van der Waals surface area contributed by atoms with E-state index in [1.54, 1.807) is 7.11 Å². The van der Waals surface area contributed by atoms with E-state index in [0.717, 1.165) is 24.4 Å². The molecule has 16 heavy (non-hydrogen) atoms. The van der Waals surface area contributed by atoms with Gasteiger partial charge in [-0.1, -0.05) is 19.9 Å². The van der Waals surface area contributed by atoms with Crippen LogP contribution in [0, 0.1) is 0 Å². The van der Waals surface area contributed by atoms with Crippen LogP contribution in [-0.2, 0) is 0 Å². The third-order valence-electron chi connectivity index (χ3n) is 2.52. The monoisotopic (exact) mass is 241 g/mol. The average Bonchev–Trinajstić information content (AvgIpc) is 2.29. The van der Waals surface area contributed by atoms with Crippen molar-refractivity contribution in [3.8, 4) is 5.75 Å². The number of hydrogen-bond donors (Lipinski definition) is 1. The van der Waals surface area contributed by atoms with E-state index < -0.39 is 0 Å². The molecule has 1 aromatic rings. The number of ether oxygens (including phenoxy) is 1. The van der Waals surface area contributed by atoms with E-state index in [9.17, 15) is 0 Å². The molecule has 0 fully saturated rings. The number of anilines is 1. The highest BCUT2D eigenvalue weighted by Crippen LogP contribution is 2.28. The van der Waals surface area contributed by atoms with Gasteiger partial charge in [-0.05, 0) is 30.0 Å². The van der Waals surface area contributed by atoms with Crippen LogP contribution >= 0.6 is 11.6 Å². The molecule has 1 aromatic carbocycles. The molecule has 1 N–H and O–H groups in total. The van der Waals surface area contributed by atoms with Gasteiger partial charge >= 0.3 is 0 Å². The van der Waals surface area contributed by atoms with Gasteiger partial charge < -0.3 is 10.1 Å². The van der Waals surface area contributed by atoms with Crippen LogP contribution in [0.3, 0.4) is 0 Å². The van der Waals surface area contributed by atoms with Crippen LogP contribution in [-0.4, -0.2) is 19.5 Å². The number of methoxy groups -OCH3 is 1. The third-order valence-corrected chi connectivity index (χ3v) is 2.79. The van der Waals surface area contributed by atoms with Gasteiger partial charge in [0.1, 0.15) is 5.75 Å². The lowest BCUT2D eigenvalue weighted by atomic mass is 10.0. The van der Waals surface area contributed by atoms with Crippen LogP contribution in [0.15, 0.2) is 18.2 Å². The molecule has 0 atom stereocenters. The number of hydrogen-bond acceptors (Lipinski definition) is 2. The van der Waals surface area contributed by atoms with Gasteiger partial charge in [-0.25, -0.2) is 0 Å². The van der Waals surface area contributed by atoms with Gasteiger partial charge in [0.25, 0.3) is 0 Å². The maximum atomic E-state index is 5.64. The number of benzene rings is 1. The summed E-state index contributed by atoms with van der Waals surface area (Å²) in [5.74, 6) is 2.10. The molecule has 0 aliphatic carbocycles. The van der Waals surface area contributed by atoms with Gasteiger partial charge in [-0.2, -0.15) is 0 Å². The summed E-state index contributed by atoms with van der Waals surface area (Å²) in [5.41, 5.74) is 2.33. The first kappa shape index (κ1) is 13.2. The van der Waals surface area contributed by atoms with Crippen LogP contribution < -0.4 is 10.1 Å². The Bertz CT molecular complexity index is 326. The summed E-state index contributed by atoms with van der Waals surface area (Å²) in [4.78, 5) is 0. The van der Waals surface area contributed by atoms with Crippen LogP contribution in [0.5, 0.6) is 5.75 Å². The molecule has 3 heteroatoms. The summed E-state index contributed by atoms with van der Waals surface area (Å²) in [6, 6.07) is 6.30. The normalized spacial score (nSPS) is 10.6. The first-order valence-electron chi connectivity index (χ1n) is 5.66. The van der Waals surface area contributed by atoms with E-state index >= 15 is 0 Å². The van der Waals surface area contributed by atoms with Crippen molar-refractivity contribution < 1.29 is 4.74 Å². The molecule has 90 valence electrons. The van der Waals surface area contributed by atoms with Gasteiger partial charge in [0, 0.05) is 12.4 Å². The fourth-order valence-electron chi connectivity index (χ4n) is 1.50. The molecule has 0 amide bonds. The zero-order chi connectivity index (χ0) is 12.0. The predicted molar refractivity (Wildman–Crippen MR) is 70.9 cm³/mol. The molecule has 2 nitrogen and oxygen atoms in total. The van der Waals surface area contributed by atoms with E-state index in [4.69, 9.17) is 16.3 Å². The molecule has 0 saturated carbocycles. The first-order valence-corrected chi connectivity index (χ1v) is 6.20. The molecular weight excluding hydrogens is 222 g/mol. The molecule has 0 aliphatic heterocycles. The van der Waals surface area contributed by atoms with Gasteiger partial charge in [0.05, 0.1) is 12.8 Å². The van der Waals surface area contributed by atoms with Crippen molar-refractivity contribution in [2.45, 2.75) is 26.2 Å². The summed E-state index contributed by atoms with van der Waals surface area (Å²) in [5, 5.41) is 3.32. The van der Waals surface area contributed by atoms with E-state index in [1.165, 1.54) is 5.56 Å². The van der Waals surface area contributed by atoms with Crippen LogP contribution in [0.2, 0.25) is 0 Å². The Labute approximate surface area is 103 Å². The third kappa shape index (κ3) is 3.60. The SMILES string of the molecule is COc1cc(C(C)C)ccc1NCCCCl. The van der Waals surface area contributed by atoms with Gasteiger partial charge in [0.15, 0.2) is 0 Å². The van der Waals surface area contributed by atoms with Crippen molar-refractivity contribution in [2.75, 3.05) is 24.9 Å². The Kier molecular flexibility index (Phi) is 5.47. The fourth-order valence-corrected chi connectivity index (χ4v) is 1.64. The molecule has 0 bridgehead atoms. The molecule has 0 heterocycles. The van der Waals surface area contributed by atoms with Crippen molar-refractivity contribution in [3.05, 3.63) is 23.8 Å². The topological polar surface area (TPSA) is 21.3 Å². The Balaban J connectivity index is 2.76. The highest BCUT2D eigenvalue weighted by molar-refractivity contribution is 6.17. The zero-order valence-corrected chi connectivity index (χ0v) is 11.0.